The molecule has 1 saturated heterocycles. The third-order valence-corrected chi connectivity index (χ3v) is 5.60. The van der Waals surface area contributed by atoms with Crippen molar-refractivity contribution in [3.8, 4) is 0 Å². The van der Waals surface area contributed by atoms with E-state index in [4.69, 9.17) is 4.74 Å². The minimum absolute atomic E-state index is 0.00817. The lowest BCUT2D eigenvalue weighted by molar-refractivity contribution is -0.152. The van der Waals surface area contributed by atoms with Crippen molar-refractivity contribution in [2.24, 2.45) is 5.92 Å². The number of hydrogen-bond acceptors (Lipinski definition) is 5. The molecule has 2 rings (SSSR count). The SMILES string of the molecule is CCC[C@@H](N[C@H](C)C(=O)N1[C@@H](C(=O)O)C[C@@H]2CCCC[C@@H]21)C(=O)OCC. The van der Waals surface area contributed by atoms with Gasteiger partial charge in [-0.25, -0.2) is 4.79 Å². The molecule has 1 saturated carbocycles. The molecule has 2 fully saturated rings. The average molecular weight is 368 g/mol. The second-order valence-corrected chi connectivity index (χ2v) is 7.43. The monoisotopic (exact) mass is 368 g/mol. The van der Waals surface area contributed by atoms with E-state index in [2.05, 4.69) is 5.32 Å². The first kappa shape index (κ1) is 20.7. The number of fused-ring (bicyclic) bond motifs is 1. The Morgan fingerprint density at radius 2 is 1.92 bits per heavy atom. The fourth-order valence-corrected chi connectivity index (χ4v) is 4.39. The molecular weight excluding hydrogens is 336 g/mol. The van der Waals surface area contributed by atoms with E-state index in [1.165, 1.54) is 0 Å². The Labute approximate surface area is 155 Å². The van der Waals surface area contributed by atoms with Crippen molar-refractivity contribution in [2.75, 3.05) is 6.61 Å². The molecule has 7 heteroatoms. The van der Waals surface area contributed by atoms with Gasteiger partial charge in [-0.1, -0.05) is 26.2 Å². The van der Waals surface area contributed by atoms with Gasteiger partial charge in [-0.3, -0.25) is 14.9 Å². The van der Waals surface area contributed by atoms with Crippen LogP contribution in [0.25, 0.3) is 0 Å². The Bertz CT molecular complexity index is 524. The van der Waals surface area contributed by atoms with Gasteiger partial charge in [-0.2, -0.15) is 0 Å². The highest BCUT2D eigenvalue weighted by Crippen LogP contribution is 2.40. The van der Waals surface area contributed by atoms with Crippen LogP contribution >= 0.6 is 0 Å². The summed E-state index contributed by atoms with van der Waals surface area (Å²) < 4.78 is 5.09. The van der Waals surface area contributed by atoms with Gasteiger partial charge in [0, 0.05) is 6.04 Å². The molecule has 0 spiro atoms. The van der Waals surface area contributed by atoms with Gasteiger partial charge in [0.2, 0.25) is 5.91 Å². The summed E-state index contributed by atoms with van der Waals surface area (Å²) >= 11 is 0. The minimum atomic E-state index is -0.935. The fraction of sp³-hybridized carbons (Fsp3) is 0.842. The average Bonchev–Trinajstić information content (AvgIpc) is 3.00. The number of ether oxygens (including phenoxy) is 1. The second kappa shape index (κ2) is 9.35. The van der Waals surface area contributed by atoms with Crippen LogP contribution in [0.1, 0.15) is 65.7 Å². The van der Waals surface area contributed by atoms with Crippen molar-refractivity contribution in [2.45, 2.75) is 89.9 Å². The van der Waals surface area contributed by atoms with E-state index < -0.39 is 24.1 Å². The molecule has 0 aromatic heterocycles. The van der Waals surface area contributed by atoms with E-state index in [1.54, 1.807) is 18.7 Å². The zero-order valence-electron chi connectivity index (χ0n) is 16.1. The van der Waals surface area contributed by atoms with Crippen LogP contribution in [-0.2, 0) is 19.1 Å². The first-order valence-corrected chi connectivity index (χ1v) is 9.88. The first-order chi connectivity index (χ1) is 12.4. The lowest BCUT2D eigenvalue weighted by atomic mass is 9.84. The maximum absolute atomic E-state index is 13.1. The molecule has 0 radical (unpaired) electrons. The van der Waals surface area contributed by atoms with E-state index >= 15 is 0 Å². The molecule has 1 amide bonds. The van der Waals surface area contributed by atoms with Gasteiger partial charge >= 0.3 is 11.9 Å². The van der Waals surface area contributed by atoms with E-state index in [0.29, 0.717) is 19.4 Å². The molecule has 7 nitrogen and oxygen atoms in total. The minimum Gasteiger partial charge on any atom is -0.480 e. The number of nitrogens with zero attached hydrogens (tertiary/aromatic N) is 1. The number of carboxylic acid groups (broad SMARTS) is 1. The third-order valence-electron chi connectivity index (χ3n) is 5.60. The van der Waals surface area contributed by atoms with Crippen LogP contribution in [0.4, 0.5) is 0 Å². The lowest BCUT2D eigenvalue weighted by Gasteiger charge is -2.35. The van der Waals surface area contributed by atoms with Crippen molar-refractivity contribution < 1.29 is 24.2 Å². The van der Waals surface area contributed by atoms with Gasteiger partial charge in [0.1, 0.15) is 12.1 Å². The van der Waals surface area contributed by atoms with Crippen LogP contribution in [0.3, 0.4) is 0 Å². The van der Waals surface area contributed by atoms with Crippen LogP contribution in [0.15, 0.2) is 0 Å². The van der Waals surface area contributed by atoms with E-state index in [9.17, 15) is 19.5 Å². The summed E-state index contributed by atoms with van der Waals surface area (Å²) in [5, 5.41) is 12.7. The normalized spacial score (nSPS) is 27.5. The fourth-order valence-electron chi connectivity index (χ4n) is 4.39. The molecule has 26 heavy (non-hydrogen) atoms. The highest BCUT2D eigenvalue weighted by molar-refractivity contribution is 5.88. The molecule has 2 N–H and O–H groups in total. The molecule has 1 aliphatic carbocycles. The number of aliphatic carboxylic acids is 1. The first-order valence-electron chi connectivity index (χ1n) is 9.88. The van der Waals surface area contributed by atoms with Crippen LogP contribution in [0.5, 0.6) is 0 Å². The number of rotatable bonds is 8. The Kier molecular flexibility index (Phi) is 7.43. The smallest absolute Gasteiger partial charge is 0.326 e. The van der Waals surface area contributed by atoms with Crippen LogP contribution in [-0.4, -0.2) is 58.6 Å². The molecule has 0 bridgehead atoms. The lowest BCUT2D eigenvalue weighted by Crippen LogP contribution is -2.55. The molecule has 148 valence electrons. The number of hydrogen-bond donors (Lipinski definition) is 2. The second-order valence-electron chi connectivity index (χ2n) is 7.43. The topological polar surface area (TPSA) is 95.9 Å². The quantitative estimate of drug-likeness (QED) is 0.636. The Morgan fingerprint density at radius 3 is 2.54 bits per heavy atom. The Balaban J connectivity index is 2.10. The predicted octanol–water partition coefficient (Wildman–Crippen LogP) is 1.94. The summed E-state index contributed by atoms with van der Waals surface area (Å²) in [6, 6.07) is -1.92. The number of carbonyl (C=O) groups is 3. The van der Waals surface area contributed by atoms with Crippen molar-refractivity contribution in [1.82, 2.24) is 10.2 Å². The summed E-state index contributed by atoms with van der Waals surface area (Å²) in [7, 11) is 0. The number of nitrogens with one attached hydrogen (secondary N) is 1. The molecule has 0 unspecified atom stereocenters. The van der Waals surface area contributed by atoms with Gasteiger partial charge in [0.05, 0.1) is 12.6 Å². The molecule has 1 aliphatic heterocycles. The number of amides is 1. The number of carbonyl (C=O) groups excluding carboxylic acids is 2. The predicted molar refractivity (Wildman–Crippen MR) is 96.6 cm³/mol. The van der Waals surface area contributed by atoms with Crippen molar-refractivity contribution in [3.05, 3.63) is 0 Å². The summed E-state index contributed by atoms with van der Waals surface area (Å²) in [5.41, 5.74) is 0. The number of likely N-dealkylation sites (tertiary alicyclic amines) is 1. The zero-order valence-corrected chi connectivity index (χ0v) is 16.1. The highest BCUT2D eigenvalue weighted by atomic mass is 16.5. The third kappa shape index (κ3) is 4.55. The summed E-state index contributed by atoms with van der Waals surface area (Å²) in [6.07, 6.45) is 5.87. The van der Waals surface area contributed by atoms with Crippen molar-refractivity contribution in [1.29, 1.82) is 0 Å². The molecule has 0 aromatic rings. The molecule has 2 aliphatic rings. The van der Waals surface area contributed by atoms with Crippen molar-refractivity contribution in [3.63, 3.8) is 0 Å². The van der Waals surface area contributed by atoms with Gasteiger partial charge in [0.25, 0.3) is 0 Å². The summed E-state index contributed by atoms with van der Waals surface area (Å²) in [6.45, 7) is 5.72. The standard InChI is InChI=1S/C19H32N2O5/c1-4-8-14(19(25)26-5-2)20-12(3)17(22)21-15-10-7-6-9-13(15)11-16(21)18(23)24/h12-16,20H,4-11H2,1-3H3,(H,23,24)/t12-,13+,14-,15+,16-/m1/s1. The summed E-state index contributed by atoms with van der Waals surface area (Å²) in [4.78, 5) is 38.5. The Hall–Kier alpha value is -1.63. The van der Waals surface area contributed by atoms with Gasteiger partial charge in [-0.15, -0.1) is 0 Å². The number of esters is 1. The van der Waals surface area contributed by atoms with Crippen LogP contribution in [0.2, 0.25) is 0 Å². The van der Waals surface area contributed by atoms with E-state index in [1.807, 2.05) is 6.92 Å². The van der Waals surface area contributed by atoms with Crippen LogP contribution < -0.4 is 5.32 Å². The van der Waals surface area contributed by atoms with Gasteiger partial charge in [0.15, 0.2) is 0 Å². The number of carboxylic acids is 1. The van der Waals surface area contributed by atoms with Gasteiger partial charge in [-0.05, 0) is 45.4 Å². The largest absolute Gasteiger partial charge is 0.480 e. The van der Waals surface area contributed by atoms with Gasteiger partial charge < -0.3 is 14.7 Å². The maximum atomic E-state index is 13.1. The van der Waals surface area contributed by atoms with Crippen molar-refractivity contribution >= 4 is 17.8 Å². The molecule has 0 aromatic carbocycles. The van der Waals surface area contributed by atoms with Crippen LogP contribution in [0, 0.1) is 5.92 Å². The van der Waals surface area contributed by atoms with E-state index in [-0.39, 0.29) is 23.8 Å². The highest BCUT2D eigenvalue weighted by Gasteiger charge is 2.48. The Morgan fingerprint density at radius 1 is 1.23 bits per heavy atom. The maximum Gasteiger partial charge on any atom is 0.326 e. The molecule has 1 heterocycles. The van der Waals surface area contributed by atoms with E-state index in [0.717, 1.165) is 32.1 Å². The zero-order chi connectivity index (χ0) is 19.3. The summed E-state index contributed by atoms with van der Waals surface area (Å²) in [5.74, 6) is -1.24. The molecule has 5 atom stereocenters. The molecular formula is C19H32N2O5.